The van der Waals surface area contributed by atoms with Gasteiger partial charge in [0.15, 0.2) is 0 Å². The highest BCUT2D eigenvalue weighted by Crippen LogP contribution is 2.28. The number of nitrogens with two attached hydrogens (primary N) is 1. The van der Waals surface area contributed by atoms with Gasteiger partial charge in [0.05, 0.1) is 5.69 Å². The van der Waals surface area contributed by atoms with E-state index in [1.165, 1.54) is 6.07 Å². The van der Waals surface area contributed by atoms with Crippen LogP contribution >= 0.6 is 0 Å². The summed E-state index contributed by atoms with van der Waals surface area (Å²) in [5.74, 6) is 0. The monoisotopic (exact) mass is 216 g/mol. The topological polar surface area (TPSA) is 105 Å². The quantitative estimate of drug-likeness (QED) is 0.260. The molecule has 0 aliphatic heterocycles. The molecule has 6 nitrogen and oxygen atoms in total. The fraction of sp³-hybridized carbons (Fsp3) is 0.100. The van der Waals surface area contributed by atoms with E-state index in [4.69, 9.17) is 15.7 Å². The van der Waals surface area contributed by atoms with Crippen LogP contribution in [-0.4, -0.2) is 0 Å². The third-order valence-electron chi connectivity index (χ3n) is 2.27. The van der Waals surface area contributed by atoms with Gasteiger partial charge in [-0.15, -0.1) is 0 Å². The van der Waals surface area contributed by atoms with Crippen LogP contribution in [0, 0.1) is 6.92 Å². The molecule has 6 heteroatoms. The maximum Gasteiger partial charge on any atom is 0.339 e. The van der Waals surface area contributed by atoms with Crippen molar-refractivity contribution in [1.29, 1.82) is 0 Å². The van der Waals surface area contributed by atoms with Crippen molar-refractivity contribution in [2.75, 3.05) is 5.73 Å². The Morgan fingerprint density at radius 3 is 2.94 bits per heavy atom. The Hall–Kier alpha value is -2.46. The molecule has 16 heavy (non-hydrogen) atoms. The van der Waals surface area contributed by atoms with E-state index in [0.717, 1.165) is 0 Å². The van der Waals surface area contributed by atoms with Gasteiger partial charge in [0.25, 0.3) is 0 Å². The first-order valence-electron chi connectivity index (χ1n) is 4.51. The maximum atomic E-state index is 11.4. The summed E-state index contributed by atoms with van der Waals surface area (Å²) in [6, 6.07) is 4.83. The van der Waals surface area contributed by atoms with Gasteiger partial charge < -0.3 is 10.2 Å². The van der Waals surface area contributed by atoms with E-state index in [2.05, 4.69) is 10.0 Å². The standard InChI is InChI=1S/C10H8N4O2/c1-5-9(13-14-12)7-3-2-6(11)4-8(7)16-10(5)15/h2-4H,11H2,1H3. The number of rotatable bonds is 1. The average Bonchev–Trinajstić information content (AvgIpc) is 2.24. The lowest BCUT2D eigenvalue weighted by molar-refractivity contribution is 0.556. The van der Waals surface area contributed by atoms with Crippen LogP contribution in [0.4, 0.5) is 11.4 Å². The molecular weight excluding hydrogens is 208 g/mol. The maximum absolute atomic E-state index is 11.4. The van der Waals surface area contributed by atoms with Gasteiger partial charge in [0, 0.05) is 27.6 Å². The highest BCUT2D eigenvalue weighted by molar-refractivity contribution is 5.91. The van der Waals surface area contributed by atoms with Gasteiger partial charge in [-0.1, -0.05) is 5.11 Å². The Morgan fingerprint density at radius 1 is 1.50 bits per heavy atom. The molecule has 1 heterocycles. The molecule has 0 radical (unpaired) electrons. The largest absolute Gasteiger partial charge is 0.422 e. The molecular formula is C10H8N4O2. The molecule has 0 saturated heterocycles. The van der Waals surface area contributed by atoms with Crippen molar-refractivity contribution < 1.29 is 4.42 Å². The van der Waals surface area contributed by atoms with Gasteiger partial charge in [-0.25, -0.2) is 4.79 Å². The zero-order valence-electron chi connectivity index (χ0n) is 8.47. The summed E-state index contributed by atoms with van der Waals surface area (Å²) < 4.78 is 5.04. The van der Waals surface area contributed by atoms with Gasteiger partial charge in [-0.2, -0.15) is 0 Å². The number of anilines is 1. The number of benzene rings is 1. The molecule has 0 amide bonds. The van der Waals surface area contributed by atoms with Crippen molar-refractivity contribution in [2.24, 2.45) is 5.11 Å². The Kier molecular flexibility index (Phi) is 2.27. The molecule has 0 saturated carbocycles. The van der Waals surface area contributed by atoms with Crippen molar-refractivity contribution >= 4 is 22.3 Å². The molecule has 2 N–H and O–H groups in total. The molecule has 1 aromatic carbocycles. The number of azide groups is 1. The minimum Gasteiger partial charge on any atom is -0.422 e. The number of nitrogens with zero attached hydrogens (tertiary/aromatic N) is 3. The molecule has 0 atom stereocenters. The molecule has 0 unspecified atom stereocenters. The average molecular weight is 216 g/mol. The zero-order valence-corrected chi connectivity index (χ0v) is 8.47. The lowest BCUT2D eigenvalue weighted by Crippen LogP contribution is -2.03. The predicted molar refractivity (Wildman–Crippen MR) is 60.4 cm³/mol. The summed E-state index contributed by atoms with van der Waals surface area (Å²) in [7, 11) is 0. The van der Waals surface area contributed by atoms with Crippen LogP contribution in [0.3, 0.4) is 0 Å². The third kappa shape index (κ3) is 1.47. The van der Waals surface area contributed by atoms with Gasteiger partial charge in [-0.3, -0.25) is 0 Å². The van der Waals surface area contributed by atoms with E-state index in [0.29, 0.717) is 16.7 Å². The van der Waals surface area contributed by atoms with Gasteiger partial charge >= 0.3 is 5.63 Å². The van der Waals surface area contributed by atoms with Crippen LogP contribution in [0.15, 0.2) is 32.5 Å². The minimum atomic E-state index is -0.527. The van der Waals surface area contributed by atoms with Crippen LogP contribution in [0.25, 0.3) is 21.4 Å². The van der Waals surface area contributed by atoms with Crippen molar-refractivity contribution in [3.05, 3.63) is 44.6 Å². The zero-order chi connectivity index (χ0) is 11.7. The van der Waals surface area contributed by atoms with Crippen molar-refractivity contribution in [3.8, 4) is 0 Å². The summed E-state index contributed by atoms with van der Waals surface area (Å²) >= 11 is 0. The summed E-state index contributed by atoms with van der Waals surface area (Å²) in [4.78, 5) is 14.1. The highest BCUT2D eigenvalue weighted by Gasteiger charge is 2.09. The number of nitrogen functional groups attached to an aromatic ring is 1. The first kappa shape index (κ1) is 10.1. The number of fused-ring (bicyclic) bond motifs is 1. The van der Waals surface area contributed by atoms with E-state index in [-0.39, 0.29) is 11.3 Å². The molecule has 2 rings (SSSR count). The molecule has 2 aromatic rings. The van der Waals surface area contributed by atoms with E-state index in [1.807, 2.05) is 0 Å². The normalized spacial score (nSPS) is 10.1. The first-order chi connectivity index (χ1) is 7.63. The van der Waals surface area contributed by atoms with Gasteiger partial charge in [-0.05, 0) is 24.6 Å². The molecule has 0 fully saturated rings. The van der Waals surface area contributed by atoms with Crippen LogP contribution in [-0.2, 0) is 0 Å². The second kappa shape index (κ2) is 3.60. The van der Waals surface area contributed by atoms with Crippen LogP contribution in [0.5, 0.6) is 0 Å². The summed E-state index contributed by atoms with van der Waals surface area (Å²) in [5, 5.41) is 4.08. The number of hydrogen-bond acceptors (Lipinski definition) is 4. The van der Waals surface area contributed by atoms with E-state index in [9.17, 15) is 4.79 Å². The van der Waals surface area contributed by atoms with Crippen molar-refractivity contribution in [2.45, 2.75) is 6.92 Å². The molecule has 0 aliphatic carbocycles. The molecule has 0 spiro atoms. The van der Waals surface area contributed by atoms with Crippen LogP contribution in [0.1, 0.15) is 5.56 Å². The number of hydrogen-bond donors (Lipinski definition) is 1. The summed E-state index contributed by atoms with van der Waals surface area (Å²) in [5.41, 5.74) is 14.9. The Labute approximate surface area is 89.9 Å². The van der Waals surface area contributed by atoms with Gasteiger partial charge in [0.1, 0.15) is 5.58 Å². The fourth-order valence-corrected chi connectivity index (χ4v) is 1.47. The first-order valence-corrected chi connectivity index (χ1v) is 4.51. The fourth-order valence-electron chi connectivity index (χ4n) is 1.47. The van der Waals surface area contributed by atoms with E-state index >= 15 is 0 Å². The minimum absolute atomic E-state index is 0.286. The second-order valence-corrected chi connectivity index (χ2v) is 3.31. The molecule has 0 bridgehead atoms. The SMILES string of the molecule is Cc1c(N=[N+]=[N-])c2ccc(N)cc2oc1=O. The van der Waals surface area contributed by atoms with Crippen molar-refractivity contribution in [3.63, 3.8) is 0 Å². The third-order valence-corrected chi connectivity index (χ3v) is 2.27. The molecule has 80 valence electrons. The Bertz CT molecular complexity index is 668. The van der Waals surface area contributed by atoms with E-state index in [1.54, 1.807) is 19.1 Å². The summed E-state index contributed by atoms with van der Waals surface area (Å²) in [6.45, 7) is 1.55. The highest BCUT2D eigenvalue weighted by atomic mass is 16.4. The predicted octanol–water partition coefficient (Wildman–Crippen LogP) is 2.63. The van der Waals surface area contributed by atoms with E-state index < -0.39 is 5.63 Å². The molecule has 1 aromatic heterocycles. The second-order valence-electron chi connectivity index (χ2n) is 3.31. The lowest BCUT2D eigenvalue weighted by Gasteiger charge is -2.03. The smallest absolute Gasteiger partial charge is 0.339 e. The summed E-state index contributed by atoms with van der Waals surface area (Å²) in [6.07, 6.45) is 0. The van der Waals surface area contributed by atoms with Crippen LogP contribution in [0.2, 0.25) is 0 Å². The Balaban J connectivity index is 3.00. The Morgan fingerprint density at radius 2 is 2.25 bits per heavy atom. The van der Waals surface area contributed by atoms with Gasteiger partial charge in [0.2, 0.25) is 0 Å². The lowest BCUT2D eigenvalue weighted by atomic mass is 10.1. The van der Waals surface area contributed by atoms with Crippen LogP contribution < -0.4 is 11.4 Å². The van der Waals surface area contributed by atoms with Crippen molar-refractivity contribution in [1.82, 2.24) is 0 Å². The molecule has 0 aliphatic rings.